The molecule has 0 aliphatic heterocycles. The Morgan fingerprint density at radius 3 is 2.33 bits per heavy atom. The molecule has 0 aliphatic carbocycles. The van der Waals surface area contributed by atoms with Crippen molar-refractivity contribution in [2.75, 3.05) is 26.6 Å². The first-order chi connectivity index (χ1) is 11.6. The Morgan fingerprint density at radius 2 is 1.79 bits per heavy atom. The van der Waals surface area contributed by atoms with Crippen LogP contribution < -0.4 is 19.5 Å². The molecule has 0 radical (unpaired) electrons. The number of carbonyl (C=O) groups is 1. The second-order valence-electron chi connectivity index (χ2n) is 4.29. The Morgan fingerprint density at radius 1 is 1.12 bits per heavy atom. The van der Waals surface area contributed by atoms with Gasteiger partial charge in [-0.2, -0.15) is 9.97 Å². The lowest BCUT2D eigenvalue weighted by molar-refractivity contribution is -0.115. The Kier molecular flexibility index (Phi) is 6.13. The molecule has 0 saturated carbocycles. The van der Waals surface area contributed by atoms with E-state index in [0.29, 0.717) is 22.3 Å². The van der Waals surface area contributed by atoms with E-state index < -0.39 is 0 Å². The van der Waals surface area contributed by atoms with Crippen LogP contribution >= 0.6 is 11.8 Å². The lowest BCUT2D eigenvalue weighted by Crippen LogP contribution is -2.11. The van der Waals surface area contributed by atoms with Crippen LogP contribution in [0.5, 0.6) is 17.8 Å². The Labute approximate surface area is 143 Å². The second-order valence-corrected chi connectivity index (χ2v) is 5.26. The summed E-state index contributed by atoms with van der Waals surface area (Å²) in [5, 5.41) is 3.06. The minimum atomic E-state index is -0.132. The van der Waals surface area contributed by atoms with Gasteiger partial charge in [0.1, 0.15) is 10.7 Å². The third-order valence-corrected chi connectivity index (χ3v) is 3.70. The molecule has 0 bridgehead atoms. The number of aromatic nitrogens is 4. The zero-order chi connectivity index (χ0) is 17.5. The van der Waals surface area contributed by atoms with E-state index in [2.05, 4.69) is 25.3 Å². The van der Waals surface area contributed by atoms with Gasteiger partial charge in [-0.05, 0) is 17.8 Å². The van der Waals surface area contributed by atoms with Crippen LogP contribution in [-0.4, -0.2) is 47.2 Å². The van der Waals surface area contributed by atoms with Crippen molar-refractivity contribution in [3.63, 3.8) is 0 Å². The summed E-state index contributed by atoms with van der Waals surface area (Å²) < 4.78 is 15.5. The third-order valence-electron chi connectivity index (χ3n) is 2.77. The number of rotatable bonds is 7. The van der Waals surface area contributed by atoms with Crippen molar-refractivity contribution in [2.24, 2.45) is 0 Å². The molecule has 2 rings (SSSR count). The van der Waals surface area contributed by atoms with Gasteiger partial charge < -0.3 is 19.5 Å². The molecule has 2 aromatic rings. The lowest BCUT2D eigenvalue weighted by Gasteiger charge is -2.11. The topological polar surface area (TPSA) is 108 Å². The molecule has 128 valence electrons. The maximum atomic E-state index is 11.5. The minimum absolute atomic E-state index is 0.123. The van der Waals surface area contributed by atoms with E-state index in [1.165, 1.54) is 21.3 Å². The molecule has 0 aromatic carbocycles. The summed E-state index contributed by atoms with van der Waals surface area (Å²) in [5.74, 6) is 0.824. The van der Waals surface area contributed by atoms with E-state index >= 15 is 0 Å². The highest BCUT2D eigenvalue weighted by Crippen LogP contribution is 2.39. The third kappa shape index (κ3) is 4.22. The number of anilines is 1. The van der Waals surface area contributed by atoms with Crippen molar-refractivity contribution < 1.29 is 19.0 Å². The van der Waals surface area contributed by atoms with E-state index in [1.807, 2.05) is 0 Å². The van der Waals surface area contributed by atoms with E-state index in [4.69, 9.17) is 14.2 Å². The molecule has 0 unspecified atom stereocenters. The average Bonchev–Trinajstić information content (AvgIpc) is 2.61. The summed E-state index contributed by atoms with van der Waals surface area (Å²) in [4.78, 5) is 28.6. The zero-order valence-corrected chi connectivity index (χ0v) is 14.5. The maximum Gasteiger partial charge on any atom is 0.322 e. The molecule has 0 atom stereocenters. The van der Waals surface area contributed by atoms with Crippen LogP contribution in [0.1, 0.15) is 13.3 Å². The Hall–Kier alpha value is -2.62. The van der Waals surface area contributed by atoms with Crippen LogP contribution in [0.15, 0.2) is 22.3 Å². The molecule has 1 N–H and O–H groups in total. The second kappa shape index (κ2) is 8.29. The molecular formula is C14H17N5O4S. The molecule has 2 heterocycles. The van der Waals surface area contributed by atoms with Crippen LogP contribution in [0.3, 0.4) is 0 Å². The van der Waals surface area contributed by atoms with Gasteiger partial charge in [-0.1, -0.05) is 6.92 Å². The Balaban J connectivity index is 2.33. The van der Waals surface area contributed by atoms with Crippen molar-refractivity contribution in [3.05, 3.63) is 12.3 Å². The maximum absolute atomic E-state index is 11.5. The zero-order valence-electron chi connectivity index (χ0n) is 13.7. The number of nitrogens with one attached hydrogen (secondary N) is 1. The van der Waals surface area contributed by atoms with E-state index in [1.54, 1.807) is 19.2 Å². The van der Waals surface area contributed by atoms with Crippen molar-refractivity contribution in [3.8, 4) is 17.8 Å². The number of hydrogen-bond acceptors (Lipinski definition) is 9. The standard InChI is InChI=1S/C14H17N5O4S/c1-5-9(20)16-8-6-7-15-14(17-8)24-10-11(21-2)18-13(23-4)19-12(10)22-3/h6-7H,5H2,1-4H3,(H,15,16,17,20). The largest absolute Gasteiger partial charge is 0.480 e. The molecule has 10 heteroatoms. The number of nitrogens with zero attached hydrogens (tertiary/aromatic N) is 4. The van der Waals surface area contributed by atoms with Crippen molar-refractivity contribution >= 4 is 23.5 Å². The predicted octanol–water partition coefficient (Wildman–Crippen LogP) is 1.79. The minimum Gasteiger partial charge on any atom is -0.480 e. The first-order valence-electron chi connectivity index (χ1n) is 6.96. The van der Waals surface area contributed by atoms with Crippen LogP contribution in [0.25, 0.3) is 0 Å². The van der Waals surface area contributed by atoms with Gasteiger partial charge in [-0.15, -0.1) is 0 Å². The summed E-state index contributed by atoms with van der Waals surface area (Å²) in [7, 11) is 4.40. The molecule has 0 saturated heterocycles. The smallest absolute Gasteiger partial charge is 0.322 e. The number of hydrogen-bond donors (Lipinski definition) is 1. The summed E-state index contributed by atoms with van der Waals surface area (Å²) in [5.41, 5.74) is 0. The van der Waals surface area contributed by atoms with Gasteiger partial charge in [0.25, 0.3) is 0 Å². The Bertz CT molecular complexity index is 703. The highest BCUT2D eigenvalue weighted by Gasteiger charge is 2.19. The summed E-state index contributed by atoms with van der Waals surface area (Å²) in [6.45, 7) is 1.76. The number of ether oxygens (including phenoxy) is 3. The number of carbonyl (C=O) groups excluding carboxylic acids is 1. The number of methoxy groups -OCH3 is 3. The van der Waals surface area contributed by atoms with Crippen LogP contribution in [0.2, 0.25) is 0 Å². The molecule has 0 aliphatic rings. The van der Waals surface area contributed by atoms with E-state index in [0.717, 1.165) is 11.8 Å². The molecule has 1 amide bonds. The summed E-state index contributed by atoms with van der Waals surface area (Å²) in [6.07, 6.45) is 1.91. The van der Waals surface area contributed by atoms with Gasteiger partial charge in [0, 0.05) is 12.6 Å². The van der Waals surface area contributed by atoms with Gasteiger partial charge >= 0.3 is 6.01 Å². The SMILES string of the molecule is CCC(=O)Nc1ccnc(Sc2c(OC)nc(OC)nc2OC)n1. The van der Waals surface area contributed by atoms with E-state index in [-0.39, 0.29) is 23.7 Å². The van der Waals surface area contributed by atoms with E-state index in [9.17, 15) is 4.79 Å². The van der Waals surface area contributed by atoms with Gasteiger partial charge in [-0.3, -0.25) is 4.79 Å². The highest BCUT2D eigenvalue weighted by molar-refractivity contribution is 7.99. The number of amides is 1. The van der Waals surface area contributed by atoms with Crippen molar-refractivity contribution in [2.45, 2.75) is 23.4 Å². The van der Waals surface area contributed by atoms with Gasteiger partial charge in [0.05, 0.1) is 21.3 Å². The first kappa shape index (κ1) is 17.7. The van der Waals surface area contributed by atoms with Crippen LogP contribution in [0.4, 0.5) is 5.82 Å². The van der Waals surface area contributed by atoms with Gasteiger partial charge in [-0.25, -0.2) is 9.97 Å². The molecule has 2 aromatic heterocycles. The van der Waals surface area contributed by atoms with Gasteiger partial charge in [0.2, 0.25) is 17.7 Å². The lowest BCUT2D eigenvalue weighted by atomic mass is 10.4. The van der Waals surface area contributed by atoms with Crippen LogP contribution in [0, 0.1) is 0 Å². The molecule has 0 fully saturated rings. The fourth-order valence-corrected chi connectivity index (χ4v) is 2.50. The molecule has 24 heavy (non-hydrogen) atoms. The average molecular weight is 351 g/mol. The van der Waals surface area contributed by atoms with Crippen molar-refractivity contribution in [1.29, 1.82) is 0 Å². The predicted molar refractivity (Wildman–Crippen MR) is 86.8 cm³/mol. The summed E-state index contributed by atoms with van der Waals surface area (Å²) >= 11 is 1.15. The fourth-order valence-electron chi connectivity index (χ4n) is 1.63. The fraction of sp³-hybridized carbons (Fsp3) is 0.357. The highest BCUT2D eigenvalue weighted by atomic mass is 32.2. The molecule has 9 nitrogen and oxygen atoms in total. The quantitative estimate of drug-likeness (QED) is 0.747. The molecule has 0 spiro atoms. The van der Waals surface area contributed by atoms with Gasteiger partial charge in [0.15, 0.2) is 5.16 Å². The molecular weight excluding hydrogens is 334 g/mol. The van der Waals surface area contributed by atoms with Crippen LogP contribution in [-0.2, 0) is 4.79 Å². The summed E-state index contributed by atoms with van der Waals surface area (Å²) in [6, 6.07) is 1.73. The van der Waals surface area contributed by atoms with Crippen molar-refractivity contribution in [1.82, 2.24) is 19.9 Å². The first-order valence-corrected chi connectivity index (χ1v) is 7.77. The normalized spacial score (nSPS) is 10.2. The monoisotopic (exact) mass is 351 g/mol.